The number of thioether (sulfide) groups is 1. The van der Waals surface area contributed by atoms with Crippen LogP contribution in [0.1, 0.15) is 21.8 Å². The van der Waals surface area contributed by atoms with Crippen molar-refractivity contribution in [2.75, 3.05) is 5.32 Å². The van der Waals surface area contributed by atoms with E-state index in [-0.39, 0.29) is 12.3 Å². The van der Waals surface area contributed by atoms with Crippen molar-refractivity contribution >= 4 is 34.7 Å². The van der Waals surface area contributed by atoms with Crippen LogP contribution in [0.3, 0.4) is 0 Å². The molecule has 1 N–H and O–H groups in total. The Kier molecular flexibility index (Phi) is 6.20. The van der Waals surface area contributed by atoms with Gasteiger partial charge in [0, 0.05) is 16.8 Å². The first-order chi connectivity index (χ1) is 14.6. The fraction of sp³-hybridized carbons (Fsp3) is 0.190. The van der Waals surface area contributed by atoms with E-state index in [0.29, 0.717) is 10.9 Å². The molecule has 0 spiro atoms. The van der Waals surface area contributed by atoms with Crippen molar-refractivity contribution in [2.45, 2.75) is 31.2 Å². The Morgan fingerprint density at radius 2 is 1.97 bits per heavy atom. The second-order valence-electron chi connectivity index (χ2n) is 6.75. The molecular weight excluding hydrogens is 416 g/mol. The van der Waals surface area contributed by atoms with Gasteiger partial charge in [-0.15, -0.1) is 16.4 Å². The van der Waals surface area contributed by atoms with Gasteiger partial charge < -0.3 is 5.32 Å². The largest absolute Gasteiger partial charge is 0.326 e. The minimum atomic E-state index is -0.0755. The third-order valence-corrected chi connectivity index (χ3v) is 6.34. The van der Waals surface area contributed by atoms with Crippen LogP contribution < -0.4 is 5.32 Å². The quantitative estimate of drug-likeness (QED) is 0.437. The highest BCUT2D eigenvalue weighted by atomic mass is 32.2. The fourth-order valence-corrected chi connectivity index (χ4v) is 4.47. The van der Waals surface area contributed by atoms with Gasteiger partial charge in [-0.2, -0.15) is 4.68 Å². The molecule has 0 aliphatic rings. The summed E-state index contributed by atoms with van der Waals surface area (Å²) in [5.74, 6) is 0.551. The van der Waals surface area contributed by atoms with Gasteiger partial charge in [0.25, 0.3) is 0 Å². The number of tetrazole rings is 1. The maximum atomic E-state index is 12.2. The monoisotopic (exact) mass is 436 g/mol. The molecule has 0 fully saturated rings. The summed E-state index contributed by atoms with van der Waals surface area (Å²) in [4.78, 5) is 16.8. The van der Waals surface area contributed by atoms with Crippen LogP contribution in [0, 0.1) is 13.8 Å². The van der Waals surface area contributed by atoms with Crippen molar-refractivity contribution in [2.24, 2.45) is 0 Å². The number of aryl methyl sites for hydroxylation is 2. The number of rotatable bonds is 7. The smallest absolute Gasteiger partial charge is 0.231 e. The minimum absolute atomic E-state index is 0.0755. The first-order valence-corrected chi connectivity index (χ1v) is 11.2. The van der Waals surface area contributed by atoms with Crippen LogP contribution >= 0.6 is 23.1 Å². The molecule has 2 aromatic heterocycles. The molecule has 2 heterocycles. The summed E-state index contributed by atoms with van der Waals surface area (Å²) in [6, 6.07) is 15.6. The van der Waals surface area contributed by atoms with Gasteiger partial charge in [0.05, 0.1) is 17.8 Å². The Balaban J connectivity index is 1.37. The highest BCUT2D eigenvalue weighted by Crippen LogP contribution is 2.24. The van der Waals surface area contributed by atoms with Gasteiger partial charge >= 0.3 is 0 Å². The number of aromatic nitrogens is 5. The van der Waals surface area contributed by atoms with Crippen molar-refractivity contribution in [3.8, 4) is 5.69 Å². The van der Waals surface area contributed by atoms with E-state index >= 15 is 0 Å². The molecule has 30 heavy (non-hydrogen) atoms. The van der Waals surface area contributed by atoms with E-state index in [1.807, 2.05) is 41.8 Å². The molecule has 4 rings (SSSR count). The van der Waals surface area contributed by atoms with Crippen molar-refractivity contribution in [3.05, 3.63) is 75.7 Å². The van der Waals surface area contributed by atoms with Crippen molar-refractivity contribution < 1.29 is 4.79 Å². The average molecular weight is 437 g/mol. The van der Waals surface area contributed by atoms with Crippen LogP contribution in [0.5, 0.6) is 0 Å². The zero-order chi connectivity index (χ0) is 20.9. The van der Waals surface area contributed by atoms with E-state index in [1.165, 1.54) is 34.2 Å². The number of hydrogen-bond donors (Lipinski definition) is 1. The number of hydrogen-bond acceptors (Lipinski definition) is 7. The third kappa shape index (κ3) is 4.92. The van der Waals surface area contributed by atoms with Crippen molar-refractivity contribution in [3.63, 3.8) is 0 Å². The molecule has 7 nitrogen and oxygen atoms in total. The zero-order valence-electron chi connectivity index (χ0n) is 16.6. The van der Waals surface area contributed by atoms with Gasteiger partial charge in [-0.05, 0) is 59.7 Å². The molecule has 9 heteroatoms. The van der Waals surface area contributed by atoms with Gasteiger partial charge in [0.2, 0.25) is 11.1 Å². The highest BCUT2D eigenvalue weighted by Gasteiger charge is 2.13. The molecule has 0 unspecified atom stereocenters. The predicted molar refractivity (Wildman–Crippen MR) is 119 cm³/mol. The zero-order valence-corrected chi connectivity index (χ0v) is 18.2. The normalized spacial score (nSPS) is 10.9. The maximum absolute atomic E-state index is 12.2. The Hall–Kier alpha value is -3.04. The first kappa shape index (κ1) is 20.2. The number of benzene rings is 2. The standard InChI is InChI=1S/C21H20N6OS2/c1-14-8-9-18(10-15(14)2)27-21(24-25-26-27)30-13-17-12-29-20(23-17)11-19(28)22-16-6-4-3-5-7-16/h3-10,12H,11,13H2,1-2H3,(H,22,28). The van der Waals surface area contributed by atoms with Gasteiger partial charge in [-0.3, -0.25) is 4.79 Å². The second kappa shape index (κ2) is 9.19. The van der Waals surface area contributed by atoms with Crippen LogP contribution in [0.15, 0.2) is 59.1 Å². The number of amides is 1. The summed E-state index contributed by atoms with van der Waals surface area (Å²) in [6.45, 7) is 4.15. The topological polar surface area (TPSA) is 85.6 Å². The van der Waals surface area contributed by atoms with E-state index < -0.39 is 0 Å². The number of anilines is 1. The summed E-state index contributed by atoms with van der Waals surface area (Å²) in [5, 5.41) is 18.4. The average Bonchev–Trinajstić information content (AvgIpc) is 3.38. The van der Waals surface area contributed by atoms with Crippen LogP contribution in [0.2, 0.25) is 0 Å². The van der Waals surface area contributed by atoms with Gasteiger partial charge in [-0.25, -0.2) is 4.98 Å². The summed E-state index contributed by atoms with van der Waals surface area (Å²) in [5.41, 5.74) is 5.04. The number of thiazole rings is 1. The molecule has 2 aromatic carbocycles. The molecule has 1 amide bonds. The summed E-state index contributed by atoms with van der Waals surface area (Å²) >= 11 is 3.00. The minimum Gasteiger partial charge on any atom is -0.326 e. The van der Waals surface area contributed by atoms with Crippen LogP contribution in [-0.4, -0.2) is 31.1 Å². The number of para-hydroxylation sites is 1. The predicted octanol–water partition coefficient (Wildman–Crippen LogP) is 4.21. The van der Waals surface area contributed by atoms with Gasteiger partial charge in [-0.1, -0.05) is 36.0 Å². The molecule has 4 aromatic rings. The van der Waals surface area contributed by atoms with Crippen molar-refractivity contribution in [1.29, 1.82) is 0 Å². The summed E-state index contributed by atoms with van der Waals surface area (Å²) in [6.07, 6.45) is 0.255. The Labute approximate surface area is 182 Å². The molecular formula is C21H20N6OS2. The maximum Gasteiger partial charge on any atom is 0.231 e. The lowest BCUT2D eigenvalue weighted by Gasteiger charge is -2.06. The molecule has 0 saturated heterocycles. The molecule has 0 bridgehead atoms. The second-order valence-corrected chi connectivity index (χ2v) is 8.64. The van der Waals surface area contributed by atoms with E-state index in [0.717, 1.165) is 22.1 Å². The number of carbonyl (C=O) groups excluding carboxylic acids is 1. The summed E-state index contributed by atoms with van der Waals surface area (Å²) in [7, 11) is 0. The van der Waals surface area contributed by atoms with Crippen molar-refractivity contribution in [1.82, 2.24) is 25.2 Å². The SMILES string of the molecule is Cc1ccc(-n2nnnc2SCc2csc(CC(=O)Nc3ccccc3)n2)cc1C. The third-order valence-electron chi connectivity index (χ3n) is 4.49. The van der Waals surface area contributed by atoms with E-state index in [1.54, 1.807) is 4.68 Å². The van der Waals surface area contributed by atoms with Crippen LogP contribution in [0.4, 0.5) is 5.69 Å². The summed E-state index contributed by atoms with van der Waals surface area (Å²) < 4.78 is 1.73. The molecule has 0 saturated carbocycles. The van der Waals surface area contributed by atoms with E-state index in [2.05, 4.69) is 51.8 Å². The van der Waals surface area contributed by atoms with Gasteiger partial charge in [0.1, 0.15) is 5.01 Å². The number of carbonyl (C=O) groups is 1. The number of nitrogens with zero attached hydrogens (tertiary/aromatic N) is 5. The van der Waals surface area contributed by atoms with Crippen LogP contribution in [0.25, 0.3) is 5.69 Å². The Bertz CT molecular complexity index is 1160. The van der Waals surface area contributed by atoms with E-state index in [9.17, 15) is 4.79 Å². The molecule has 0 atom stereocenters. The lowest BCUT2D eigenvalue weighted by Crippen LogP contribution is -2.14. The first-order valence-electron chi connectivity index (χ1n) is 9.35. The number of nitrogens with one attached hydrogen (secondary N) is 1. The molecule has 0 aliphatic heterocycles. The fourth-order valence-electron chi connectivity index (χ4n) is 2.79. The van der Waals surface area contributed by atoms with E-state index in [4.69, 9.17) is 0 Å². The molecule has 152 valence electrons. The van der Waals surface area contributed by atoms with Crippen LogP contribution in [-0.2, 0) is 17.0 Å². The lowest BCUT2D eigenvalue weighted by atomic mass is 10.1. The highest BCUT2D eigenvalue weighted by molar-refractivity contribution is 7.98. The Morgan fingerprint density at radius 3 is 2.77 bits per heavy atom. The van der Waals surface area contributed by atoms with Gasteiger partial charge in [0.15, 0.2) is 0 Å². The lowest BCUT2D eigenvalue weighted by molar-refractivity contribution is -0.115. The molecule has 0 radical (unpaired) electrons. The molecule has 0 aliphatic carbocycles. The Morgan fingerprint density at radius 1 is 1.13 bits per heavy atom.